The van der Waals surface area contributed by atoms with Crippen molar-refractivity contribution in [3.63, 3.8) is 0 Å². The molecule has 0 radical (unpaired) electrons. The van der Waals surface area contributed by atoms with Crippen molar-refractivity contribution in [2.24, 2.45) is 0 Å². The summed E-state index contributed by atoms with van der Waals surface area (Å²) < 4.78 is 22.5. The first-order valence-electron chi connectivity index (χ1n) is 12.1. The molecule has 4 aromatic rings. The number of amides is 1. The summed E-state index contributed by atoms with van der Waals surface area (Å²) >= 11 is 0. The summed E-state index contributed by atoms with van der Waals surface area (Å²) in [6, 6.07) is 16.7. The van der Waals surface area contributed by atoms with E-state index >= 15 is 0 Å². The molecule has 1 fully saturated rings. The Morgan fingerprint density at radius 3 is 2.39 bits per heavy atom. The molecule has 1 amide bonds. The fraction of sp³-hybridized carbons (Fsp3) is 0.286. The molecule has 0 atom stereocenters. The summed E-state index contributed by atoms with van der Waals surface area (Å²) in [7, 11) is 4.54. The predicted molar refractivity (Wildman–Crippen MR) is 149 cm³/mol. The van der Waals surface area contributed by atoms with E-state index in [9.17, 15) is 4.79 Å². The van der Waals surface area contributed by atoms with Gasteiger partial charge in [0, 0.05) is 43.9 Å². The van der Waals surface area contributed by atoms with Gasteiger partial charge in [-0.25, -0.2) is 4.98 Å². The Morgan fingerprint density at radius 2 is 1.71 bits per heavy atom. The Morgan fingerprint density at radius 1 is 1.00 bits per heavy atom. The van der Waals surface area contributed by atoms with Crippen LogP contribution in [-0.2, 0) is 6.54 Å². The minimum atomic E-state index is -0.331. The number of aromatic nitrogens is 1. The van der Waals surface area contributed by atoms with Crippen LogP contribution in [0.2, 0.25) is 0 Å². The number of hydrogen-bond acceptors (Lipinski definition) is 8. The van der Waals surface area contributed by atoms with E-state index in [0.717, 1.165) is 49.4 Å². The summed E-state index contributed by atoms with van der Waals surface area (Å²) in [6.45, 7) is 4.75. The number of para-hydroxylation sites is 2. The summed E-state index contributed by atoms with van der Waals surface area (Å²) in [5.74, 6) is 1.34. The molecule has 5 rings (SSSR count). The average Bonchev–Trinajstić information content (AvgIpc) is 3.38. The molecule has 0 unspecified atom stereocenters. The Hall–Kier alpha value is -3.79. The lowest BCUT2D eigenvalue weighted by Crippen LogP contribution is -2.42. The normalized spacial score (nSPS) is 13.6. The van der Waals surface area contributed by atoms with Gasteiger partial charge in [0.1, 0.15) is 5.52 Å². The highest BCUT2D eigenvalue weighted by Crippen LogP contribution is 2.39. The van der Waals surface area contributed by atoms with Crippen molar-refractivity contribution in [2.45, 2.75) is 6.54 Å². The maximum atomic E-state index is 13.3. The number of ether oxygens (including phenoxy) is 3. The number of carbonyl (C=O) groups is 1. The summed E-state index contributed by atoms with van der Waals surface area (Å²) in [4.78, 5) is 20.4. The number of fused-ring (bicyclic) bond motifs is 1. The van der Waals surface area contributed by atoms with E-state index in [2.05, 4.69) is 21.6 Å². The van der Waals surface area contributed by atoms with Crippen molar-refractivity contribution in [3.05, 3.63) is 65.7 Å². The molecule has 9 nitrogen and oxygen atoms in total. The van der Waals surface area contributed by atoms with E-state index in [1.54, 1.807) is 12.1 Å². The van der Waals surface area contributed by atoms with Crippen LogP contribution < -0.4 is 24.8 Å². The van der Waals surface area contributed by atoms with Gasteiger partial charge in [-0.15, -0.1) is 12.4 Å². The molecule has 1 saturated heterocycles. The number of rotatable bonds is 8. The standard InChI is InChI=1S/C28H30N4O5.ClH/c1-34-23-15-19(16-24(35-2)26(23)36-3)27(33)30-21-9-5-4-8-20(21)28-31-22-10-6-7-18(25(22)37-28)17-32-13-11-29-12-14-32;/h4-10,15-16,29H,11-14,17H2,1-3H3,(H,30,33);1H. The molecule has 2 heterocycles. The molecule has 3 aromatic carbocycles. The molecule has 0 aliphatic carbocycles. The Kier molecular flexibility index (Phi) is 8.73. The van der Waals surface area contributed by atoms with Gasteiger partial charge in [0.2, 0.25) is 11.6 Å². The SMILES string of the molecule is COc1cc(C(=O)Nc2ccccc2-c2nc3cccc(CN4CCNCC4)c3o2)cc(OC)c1OC.Cl. The van der Waals surface area contributed by atoms with E-state index in [4.69, 9.17) is 23.6 Å². The number of benzene rings is 3. The summed E-state index contributed by atoms with van der Waals surface area (Å²) in [6.07, 6.45) is 0. The fourth-order valence-corrected chi connectivity index (χ4v) is 4.54. The molecule has 200 valence electrons. The quantitative estimate of drug-likeness (QED) is 0.336. The first-order valence-corrected chi connectivity index (χ1v) is 12.1. The number of nitrogens with one attached hydrogen (secondary N) is 2. The number of nitrogens with zero attached hydrogens (tertiary/aromatic N) is 2. The van der Waals surface area contributed by atoms with Crippen molar-refractivity contribution < 1.29 is 23.4 Å². The van der Waals surface area contributed by atoms with Crippen LogP contribution >= 0.6 is 12.4 Å². The van der Waals surface area contributed by atoms with E-state index in [-0.39, 0.29) is 18.3 Å². The van der Waals surface area contributed by atoms with E-state index in [1.807, 2.05) is 36.4 Å². The summed E-state index contributed by atoms with van der Waals surface area (Å²) in [5, 5.41) is 6.37. The van der Waals surface area contributed by atoms with Crippen LogP contribution in [0.25, 0.3) is 22.6 Å². The van der Waals surface area contributed by atoms with Gasteiger partial charge in [-0.2, -0.15) is 0 Å². The molecular weight excluding hydrogens is 508 g/mol. The zero-order chi connectivity index (χ0) is 25.8. The Bertz CT molecular complexity index is 1390. The lowest BCUT2D eigenvalue weighted by molar-refractivity contribution is 0.102. The van der Waals surface area contributed by atoms with Gasteiger partial charge in [0.05, 0.1) is 32.6 Å². The van der Waals surface area contributed by atoms with Crippen molar-refractivity contribution in [3.8, 4) is 28.7 Å². The highest BCUT2D eigenvalue weighted by Gasteiger charge is 2.20. The number of piperazine rings is 1. The van der Waals surface area contributed by atoms with Gasteiger partial charge >= 0.3 is 0 Å². The highest BCUT2D eigenvalue weighted by molar-refractivity contribution is 6.06. The van der Waals surface area contributed by atoms with Crippen molar-refractivity contribution in [2.75, 3.05) is 52.8 Å². The molecule has 1 aromatic heterocycles. The van der Waals surface area contributed by atoms with Crippen LogP contribution in [0.15, 0.2) is 59.0 Å². The van der Waals surface area contributed by atoms with E-state index < -0.39 is 0 Å². The van der Waals surface area contributed by atoms with Crippen LogP contribution in [0, 0.1) is 0 Å². The van der Waals surface area contributed by atoms with Gasteiger partial charge < -0.3 is 29.3 Å². The van der Waals surface area contributed by atoms with Crippen LogP contribution in [0.4, 0.5) is 5.69 Å². The predicted octanol–water partition coefficient (Wildman–Crippen LogP) is 4.60. The first kappa shape index (κ1) is 27.3. The van der Waals surface area contributed by atoms with Crippen LogP contribution in [-0.4, -0.2) is 63.3 Å². The monoisotopic (exact) mass is 538 g/mol. The minimum Gasteiger partial charge on any atom is -0.493 e. The molecular formula is C28H31ClN4O5. The average molecular weight is 539 g/mol. The second-order valence-electron chi connectivity index (χ2n) is 8.72. The molecule has 0 saturated carbocycles. The second kappa shape index (κ2) is 12.2. The second-order valence-corrected chi connectivity index (χ2v) is 8.72. The maximum absolute atomic E-state index is 13.3. The molecule has 2 N–H and O–H groups in total. The molecule has 1 aliphatic heterocycles. The molecule has 10 heteroatoms. The van der Waals surface area contributed by atoms with Gasteiger partial charge in [-0.05, 0) is 30.3 Å². The Labute approximate surface area is 227 Å². The van der Waals surface area contributed by atoms with Gasteiger partial charge in [0.25, 0.3) is 5.91 Å². The lowest BCUT2D eigenvalue weighted by atomic mass is 10.1. The highest BCUT2D eigenvalue weighted by atomic mass is 35.5. The fourth-order valence-electron chi connectivity index (χ4n) is 4.54. The van der Waals surface area contributed by atoms with E-state index in [0.29, 0.717) is 40.0 Å². The van der Waals surface area contributed by atoms with E-state index in [1.165, 1.54) is 21.3 Å². The minimum absolute atomic E-state index is 0. The van der Waals surface area contributed by atoms with Crippen molar-refractivity contribution in [1.29, 1.82) is 0 Å². The number of hydrogen-bond donors (Lipinski definition) is 2. The van der Waals surface area contributed by atoms with Gasteiger partial charge in [-0.3, -0.25) is 9.69 Å². The zero-order valence-corrected chi connectivity index (χ0v) is 22.4. The zero-order valence-electron chi connectivity index (χ0n) is 21.6. The largest absolute Gasteiger partial charge is 0.493 e. The van der Waals surface area contributed by atoms with Crippen LogP contribution in [0.3, 0.4) is 0 Å². The smallest absolute Gasteiger partial charge is 0.255 e. The number of methoxy groups -OCH3 is 3. The molecule has 0 bridgehead atoms. The number of carbonyl (C=O) groups excluding carboxylic acids is 1. The lowest BCUT2D eigenvalue weighted by Gasteiger charge is -2.27. The van der Waals surface area contributed by atoms with Crippen molar-refractivity contribution >= 4 is 35.1 Å². The number of anilines is 1. The maximum Gasteiger partial charge on any atom is 0.255 e. The summed E-state index contributed by atoms with van der Waals surface area (Å²) in [5.41, 5.74) is 4.27. The molecule has 1 aliphatic rings. The number of halogens is 1. The van der Waals surface area contributed by atoms with Crippen molar-refractivity contribution in [1.82, 2.24) is 15.2 Å². The third-order valence-electron chi connectivity index (χ3n) is 6.43. The third-order valence-corrected chi connectivity index (χ3v) is 6.43. The van der Waals surface area contributed by atoms with Crippen LogP contribution in [0.5, 0.6) is 17.2 Å². The first-order chi connectivity index (χ1) is 18.1. The third kappa shape index (κ3) is 5.55. The number of oxazole rings is 1. The molecule has 0 spiro atoms. The topological polar surface area (TPSA) is 98.1 Å². The van der Waals surface area contributed by atoms with Gasteiger partial charge in [0.15, 0.2) is 17.1 Å². The molecule has 38 heavy (non-hydrogen) atoms. The van der Waals surface area contributed by atoms with Gasteiger partial charge in [-0.1, -0.05) is 24.3 Å². The van der Waals surface area contributed by atoms with Crippen LogP contribution in [0.1, 0.15) is 15.9 Å². The Balaban J connectivity index is 0.00000336.